The first-order chi connectivity index (χ1) is 17.9. The summed E-state index contributed by atoms with van der Waals surface area (Å²) in [5, 5.41) is 12.9. The summed E-state index contributed by atoms with van der Waals surface area (Å²) in [5.74, 6) is 0.160. The number of hydrogen-bond donors (Lipinski definition) is 2. The second-order valence-electron chi connectivity index (χ2n) is 10.7. The van der Waals surface area contributed by atoms with Crippen LogP contribution in [0, 0.1) is 5.82 Å². The zero-order valence-electron chi connectivity index (χ0n) is 21.1. The van der Waals surface area contributed by atoms with Crippen LogP contribution >= 0.6 is 15.9 Å². The fraction of sp³-hybridized carbons (Fsp3) is 0.517. The lowest BCUT2D eigenvalue weighted by Gasteiger charge is -2.42. The molecule has 0 spiro atoms. The van der Waals surface area contributed by atoms with Crippen molar-refractivity contribution in [3.8, 4) is 5.75 Å². The van der Waals surface area contributed by atoms with Gasteiger partial charge in [-0.1, -0.05) is 24.3 Å². The van der Waals surface area contributed by atoms with E-state index in [0.717, 1.165) is 70.3 Å². The van der Waals surface area contributed by atoms with E-state index in [9.17, 15) is 19.1 Å². The predicted octanol–water partition coefficient (Wildman–Crippen LogP) is 4.53. The van der Waals surface area contributed by atoms with Gasteiger partial charge in [-0.3, -0.25) is 9.59 Å². The Morgan fingerprint density at radius 1 is 1.00 bits per heavy atom. The highest BCUT2D eigenvalue weighted by Crippen LogP contribution is 2.48. The summed E-state index contributed by atoms with van der Waals surface area (Å²) in [6.45, 7) is 3.41. The maximum absolute atomic E-state index is 14.2. The van der Waals surface area contributed by atoms with Crippen LogP contribution in [-0.2, 0) is 21.4 Å². The molecule has 2 heterocycles. The zero-order chi connectivity index (χ0) is 26.0. The van der Waals surface area contributed by atoms with E-state index >= 15 is 0 Å². The van der Waals surface area contributed by atoms with E-state index in [1.807, 2.05) is 17.0 Å². The number of carbonyl (C=O) groups excluding carboxylic acids is 2. The van der Waals surface area contributed by atoms with E-state index in [4.69, 9.17) is 0 Å². The Morgan fingerprint density at radius 3 is 2.32 bits per heavy atom. The van der Waals surface area contributed by atoms with Gasteiger partial charge in [0, 0.05) is 44.7 Å². The van der Waals surface area contributed by atoms with Gasteiger partial charge in [0.05, 0.1) is 9.89 Å². The van der Waals surface area contributed by atoms with Crippen molar-refractivity contribution in [2.45, 2.75) is 68.9 Å². The van der Waals surface area contributed by atoms with Crippen LogP contribution in [0.1, 0.15) is 56.1 Å². The summed E-state index contributed by atoms with van der Waals surface area (Å²) in [6.07, 6.45) is 6.25. The number of phenols is 1. The number of halogens is 2. The van der Waals surface area contributed by atoms with Crippen LogP contribution in [0.15, 0.2) is 46.9 Å². The number of hydrogen-bond acceptors (Lipinski definition) is 4. The highest BCUT2D eigenvalue weighted by molar-refractivity contribution is 9.10. The number of carbonyl (C=O) groups is 2. The molecule has 0 aromatic heterocycles. The van der Waals surface area contributed by atoms with E-state index < -0.39 is 5.41 Å². The van der Waals surface area contributed by atoms with Crippen LogP contribution in [0.5, 0.6) is 5.75 Å². The van der Waals surface area contributed by atoms with Crippen LogP contribution in [0.4, 0.5) is 4.39 Å². The average Bonchev–Trinajstić information content (AvgIpc) is 3.73. The third-order valence-electron chi connectivity index (χ3n) is 8.44. The Balaban J connectivity index is 1.04. The predicted molar refractivity (Wildman–Crippen MR) is 144 cm³/mol. The molecule has 5 rings (SSSR count). The van der Waals surface area contributed by atoms with Crippen molar-refractivity contribution in [2.24, 2.45) is 0 Å². The average molecular weight is 573 g/mol. The van der Waals surface area contributed by atoms with Crippen molar-refractivity contribution in [2.75, 3.05) is 26.2 Å². The quantitative estimate of drug-likeness (QED) is 0.512. The second-order valence-corrected chi connectivity index (χ2v) is 11.6. The normalized spacial score (nSPS) is 20.5. The van der Waals surface area contributed by atoms with E-state index in [-0.39, 0.29) is 29.4 Å². The SMILES string of the molecule is O=C(CCc1cccc(Br)c1F)N1CCC(N2CCC(NC(=O)C3(c4ccc(O)cc4)CC3)CC2)CC1. The van der Waals surface area contributed by atoms with Gasteiger partial charge in [0.25, 0.3) is 0 Å². The molecule has 3 aliphatic rings. The molecule has 0 atom stereocenters. The molecular formula is C29H35BrFN3O3. The van der Waals surface area contributed by atoms with Crippen molar-refractivity contribution in [1.29, 1.82) is 0 Å². The number of piperidine rings is 2. The number of amides is 2. The van der Waals surface area contributed by atoms with Crippen LogP contribution in [0.25, 0.3) is 0 Å². The molecule has 0 bridgehead atoms. The van der Waals surface area contributed by atoms with Gasteiger partial charge >= 0.3 is 0 Å². The highest BCUT2D eigenvalue weighted by atomic mass is 79.9. The molecule has 198 valence electrons. The highest BCUT2D eigenvalue weighted by Gasteiger charge is 2.51. The Bertz CT molecular complexity index is 1120. The molecule has 2 amide bonds. The third kappa shape index (κ3) is 5.85. The summed E-state index contributed by atoms with van der Waals surface area (Å²) in [4.78, 5) is 30.3. The molecule has 0 unspecified atom stereocenters. The molecule has 8 heteroatoms. The third-order valence-corrected chi connectivity index (χ3v) is 9.06. The van der Waals surface area contributed by atoms with Gasteiger partial charge in [-0.05, 0) is 90.2 Å². The number of nitrogens with one attached hydrogen (secondary N) is 1. The smallest absolute Gasteiger partial charge is 0.230 e. The molecule has 2 N–H and O–H groups in total. The number of aryl methyl sites for hydroxylation is 1. The molecule has 3 fully saturated rings. The number of phenolic OH excluding ortho intramolecular Hbond substituents is 1. The van der Waals surface area contributed by atoms with Gasteiger partial charge in [-0.25, -0.2) is 4.39 Å². The summed E-state index contributed by atoms with van der Waals surface area (Å²) < 4.78 is 14.6. The minimum Gasteiger partial charge on any atom is -0.508 e. The van der Waals surface area contributed by atoms with Crippen molar-refractivity contribution < 1.29 is 19.1 Å². The monoisotopic (exact) mass is 571 g/mol. The topological polar surface area (TPSA) is 72.9 Å². The number of benzene rings is 2. The van der Waals surface area contributed by atoms with Crippen LogP contribution in [0.3, 0.4) is 0 Å². The molecule has 37 heavy (non-hydrogen) atoms. The lowest BCUT2D eigenvalue weighted by molar-refractivity contribution is -0.132. The Morgan fingerprint density at radius 2 is 1.68 bits per heavy atom. The van der Waals surface area contributed by atoms with Crippen molar-refractivity contribution >= 4 is 27.7 Å². The molecule has 0 radical (unpaired) electrons. The number of aromatic hydroxyl groups is 1. The summed E-state index contributed by atoms with van der Waals surface area (Å²) in [7, 11) is 0. The maximum atomic E-state index is 14.2. The molecular weight excluding hydrogens is 537 g/mol. The first-order valence-corrected chi connectivity index (χ1v) is 14.2. The Labute approximate surface area is 226 Å². The number of likely N-dealkylation sites (tertiary alicyclic amines) is 2. The van der Waals surface area contributed by atoms with E-state index in [1.54, 1.807) is 30.3 Å². The molecule has 2 saturated heterocycles. The number of nitrogens with zero attached hydrogens (tertiary/aromatic N) is 2. The fourth-order valence-corrected chi connectivity index (χ4v) is 6.31. The lowest BCUT2D eigenvalue weighted by atomic mass is 9.93. The summed E-state index contributed by atoms with van der Waals surface area (Å²) >= 11 is 3.21. The van der Waals surface area contributed by atoms with Crippen LogP contribution < -0.4 is 5.32 Å². The van der Waals surface area contributed by atoms with Gasteiger partial charge in [0.15, 0.2) is 0 Å². The number of rotatable bonds is 7. The van der Waals surface area contributed by atoms with E-state index in [1.165, 1.54) is 0 Å². The van der Waals surface area contributed by atoms with Gasteiger partial charge in [0.2, 0.25) is 11.8 Å². The van der Waals surface area contributed by atoms with E-state index in [0.29, 0.717) is 28.9 Å². The minimum absolute atomic E-state index is 0.0990. The fourth-order valence-electron chi connectivity index (χ4n) is 5.91. The van der Waals surface area contributed by atoms with Crippen LogP contribution in [-0.4, -0.2) is 65.0 Å². The van der Waals surface area contributed by atoms with Gasteiger partial charge in [0.1, 0.15) is 11.6 Å². The Kier molecular flexibility index (Phi) is 7.86. The molecule has 2 aliphatic heterocycles. The van der Waals surface area contributed by atoms with Crippen molar-refractivity contribution in [3.63, 3.8) is 0 Å². The first-order valence-electron chi connectivity index (χ1n) is 13.4. The minimum atomic E-state index is -0.424. The maximum Gasteiger partial charge on any atom is 0.230 e. The molecule has 6 nitrogen and oxygen atoms in total. The molecule has 2 aromatic carbocycles. The zero-order valence-corrected chi connectivity index (χ0v) is 22.7. The largest absolute Gasteiger partial charge is 0.508 e. The van der Waals surface area contributed by atoms with E-state index in [2.05, 4.69) is 26.1 Å². The van der Waals surface area contributed by atoms with Crippen molar-refractivity contribution in [1.82, 2.24) is 15.1 Å². The molecule has 1 aliphatic carbocycles. The van der Waals surface area contributed by atoms with Gasteiger partial charge < -0.3 is 20.2 Å². The molecule has 1 saturated carbocycles. The van der Waals surface area contributed by atoms with Crippen LogP contribution in [0.2, 0.25) is 0 Å². The van der Waals surface area contributed by atoms with Crippen molar-refractivity contribution in [3.05, 3.63) is 63.9 Å². The molecule has 2 aromatic rings. The first kappa shape index (κ1) is 26.2. The Hall–Kier alpha value is -2.45. The standard InChI is InChI=1S/C29H35BrFN3O3/c30-25-3-1-2-20(27(25)31)4-9-26(36)34-18-12-23(13-19-34)33-16-10-22(11-17-33)32-28(37)29(14-15-29)21-5-7-24(35)8-6-21/h1-3,5-8,22-23,35H,4,9-19H2,(H,32,37). The summed E-state index contributed by atoms with van der Waals surface area (Å²) in [6, 6.07) is 12.9. The summed E-state index contributed by atoms with van der Waals surface area (Å²) in [5.41, 5.74) is 1.14. The van der Waals surface area contributed by atoms with Gasteiger partial charge in [-0.2, -0.15) is 0 Å². The van der Waals surface area contributed by atoms with Gasteiger partial charge in [-0.15, -0.1) is 0 Å². The lowest BCUT2D eigenvalue weighted by Crippen LogP contribution is -2.52. The second kappa shape index (κ2) is 11.1.